The highest BCUT2D eigenvalue weighted by Crippen LogP contribution is 2.23. The van der Waals surface area contributed by atoms with E-state index in [-0.39, 0.29) is 0 Å². The first kappa shape index (κ1) is 11.4. The molecular formula is C13H17NOS. The predicted octanol–water partition coefficient (Wildman–Crippen LogP) is 3.74. The van der Waals surface area contributed by atoms with Crippen molar-refractivity contribution in [3.05, 3.63) is 29.6 Å². The molecule has 1 aromatic heterocycles. The molecule has 0 spiro atoms. The van der Waals surface area contributed by atoms with Crippen LogP contribution in [-0.4, -0.2) is 19.3 Å². The van der Waals surface area contributed by atoms with E-state index < -0.39 is 0 Å². The third-order valence-electron chi connectivity index (χ3n) is 2.33. The van der Waals surface area contributed by atoms with Gasteiger partial charge in [0.25, 0.3) is 0 Å². The first-order valence-corrected chi connectivity index (χ1v) is 6.46. The van der Waals surface area contributed by atoms with Crippen LogP contribution >= 0.6 is 11.3 Å². The molecule has 0 amide bonds. The summed E-state index contributed by atoms with van der Waals surface area (Å²) in [4.78, 5) is 0. The van der Waals surface area contributed by atoms with Crippen molar-refractivity contribution >= 4 is 27.1 Å². The highest BCUT2D eigenvalue weighted by molar-refractivity contribution is 7.17. The van der Waals surface area contributed by atoms with E-state index in [4.69, 9.17) is 4.74 Å². The Morgan fingerprint density at radius 3 is 3.00 bits per heavy atom. The Balaban J connectivity index is 1.89. The zero-order chi connectivity index (χ0) is 11.4. The van der Waals surface area contributed by atoms with Crippen molar-refractivity contribution in [1.29, 1.82) is 0 Å². The molecule has 86 valence electrons. The van der Waals surface area contributed by atoms with Crippen molar-refractivity contribution < 1.29 is 4.74 Å². The van der Waals surface area contributed by atoms with Crippen LogP contribution in [0.3, 0.4) is 0 Å². The molecule has 2 aromatic rings. The maximum atomic E-state index is 5.48. The predicted molar refractivity (Wildman–Crippen MR) is 71.4 cm³/mol. The summed E-state index contributed by atoms with van der Waals surface area (Å²) >= 11 is 1.78. The Kier molecular flexibility index (Phi) is 3.80. The van der Waals surface area contributed by atoms with Gasteiger partial charge in [0.15, 0.2) is 0 Å². The molecule has 0 radical (unpaired) electrons. The Morgan fingerprint density at radius 1 is 1.31 bits per heavy atom. The number of benzene rings is 1. The highest BCUT2D eigenvalue weighted by atomic mass is 32.1. The maximum Gasteiger partial charge on any atom is 0.0642 e. The van der Waals surface area contributed by atoms with E-state index in [1.54, 1.807) is 11.3 Å². The minimum absolute atomic E-state index is 0.307. The molecule has 2 nitrogen and oxygen atoms in total. The SMILES string of the molecule is CC(C)OCCNc1ccc2sccc2c1. The normalized spacial score (nSPS) is 11.2. The average molecular weight is 235 g/mol. The summed E-state index contributed by atoms with van der Waals surface area (Å²) in [5, 5.41) is 6.79. The first-order chi connectivity index (χ1) is 7.75. The second kappa shape index (κ2) is 5.32. The van der Waals surface area contributed by atoms with E-state index in [1.807, 2.05) is 0 Å². The van der Waals surface area contributed by atoms with Crippen LogP contribution in [0.4, 0.5) is 5.69 Å². The topological polar surface area (TPSA) is 21.3 Å². The summed E-state index contributed by atoms with van der Waals surface area (Å²) in [5.74, 6) is 0. The first-order valence-electron chi connectivity index (χ1n) is 5.58. The Bertz CT molecular complexity index is 450. The molecule has 0 aliphatic heterocycles. The lowest BCUT2D eigenvalue weighted by atomic mass is 10.2. The third kappa shape index (κ3) is 2.97. The van der Waals surface area contributed by atoms with Gasteiger partial charge in [-0.2, -0.15) is 0 Å². The van der Waals surface area contributed by atoms with Crippen LogP contribution in [-0.2, 0) is 4.74 Å². The third-order valence-corrected chi connectivity index (χ3v) is 3.23. The van der Waals surface area contributed by atoms with Crippen LogP contribution in [0.5, 0.6) is 0 Å². The minimum atomic E-state index is 0.307. The van der Waals surface area contributed by atoms with Crippen molar-refractivity contribution in [3.8, 4) is 0 Å². The number of ether oxygens (including phenoxy) is 1. The van der Waals surface area contributed by atoms with Gasteiger partial charge in [-0.15, -0.1) is 11.3 Å². The van der Waals surface area contributed by atoms with Crippen molar-refractivity contribution in [2.24, 2.45) is 0 Å². The fourth-order valence-electron chi connectivity index (χ4n) is 1.57. The second-order valence-corrected chi connectivity index (χ2v) is 4.97. The number of hydrogen-bond donors (Lipinski definition) is 1. The van der Waals surface area contributed by atoms with Gasteiger partial charge >= 0.3 is 0 Å². The van der Waals surface area contributed by atoms with Crippen LogP contribution in [0.25, 0.3) is 10.1 Å². The van der Waals surface area contributed by atoms with E-state index in [1.165, 1.54) is 15.8 Å². The molecule has 0 atom stereocenters. The maximum absolute atomic E-state index is 5.48. The molecule has 0 saturated heterocycles. The molecule has 1 heterocycles. The Morgan fingerprint density at radius 2 is 2.19 bits per heavy atom. The van der Waals surface area contributed by atoms with Gasteiger partial charge < -0.3 is 10.1 Å². The highest BCUT2D eigenvalue weighted by Gasteiger charge is 1.97. The lowest BCUT2D eigenvalue weighted by Crippen LogP contribution is -2.12. The zero-order valence-electron chi connectivity index (χ0n) is 9.69. The fraction of sp³-hybridized carbons (Fsp3) is 0.385. The van der Waals surface area contributed by atoms with E-state index >= 15 is 0 Å². The molecule has 1 N–H and O–H groups in total. The van der Waals surface area contributed by atoms with E-state index in [0.29, 0.717) is 6.10 Å². The number of nitrogens with one attached hydrogen (secondary N) is 1. The van der Waals surface area contributed by atoms with Gasteiger partial charge in [0.2, 0.25) is 0 Å². The Hall–Kier alpha value is -1.06. The van der Waals surface area contributed by atoms with Crippen LogP contribution in [0, 0.1) is 0 Å². The largest absolute Gasteiger partial charge is 0.383 e. The summed E-state index contributed by atoms with van der Waals surface area (Å²) in [6.07, 6.45) is 0.307. The zero-order valence-corrected chi connectivity index (χ0v) is 10.5. The molecule has 0 aliphatic rings. The van der Waals surface area contributed by atoms with Crippen LogP contribution in [0.1, 0.15) is 13.8 Å². The van der Waals surface area contributed by atoms with Gasteiger partial charge in [0.05, 0.1) is 12.7 Å². The molecule has 0 aliphatic carbocycles. The van der Waals surface area contributed by atoms with Crippen LogP contribution < -0.4 is 5.32 Å². The average Bonchev–Trinajstić information content (AvgIpc) is 2.71. The van der Waals surface area contributed by atoms with Crippen molar-refractivity contribution in [1.82, 2.24) is 0 Å². The van der Waals surface area contributed by atoms with Crippen LogP contribution in [0.15, 0.2) is 29.6 Å². The molecule has 0 saturated carbocycles. The van der Waals surface area contributed by atoms with E-state index in [2.05, 4.69) is 48.8 Å². The van der Waals surface area contributed by atoms with Crippen molar-refractivity contribution in [2.75, 3.05) is 18.5 Å². The number of thiophene rings is 1. The smallest absolute Gasteiger partial charge is 0.0642 e. The molecule has 0 unspecified atom stereocenters. The molecule has 0 fully saturated rings. The summed E-state index contributed by atoms with van der Waals surface area (Å²) in [6.45, 7) is 5.71. The van der Waals surface area contributed by atoms with Crippen molar-refractivity contribution in [3.63, 3.8) is 0 Å². The van der Waals surface area contributed by atoms with Gasteiger partial charge in [-0.1, -0.05) is 0 Å². The molecule has 16 heavy (non-hydrogen) atoms. The standard InChI is InChI=1S/C13H17NOS/c1-10(2)15-7-6-14-12-3-4-13-11(9-12)5-8-16-13/h3-5,8-10,14H,6-7H2,1-2H3. The van der Waals surface area contributed by atoms with Gasteiger partial charge in [-0.25, -0.2) is 0 Å². The fourth-order valence-corrected chi connectivity index (χ4v) is 2.34. The molecule has 3 heteroatoms. The van der Waals surface area contributed by atoms with Gasteiger partial charge in [0, 0.05) is 16.9 Å². The Labute approximate surface area is 100 Å². The number of anilines is 1. The van der Waals surface area contributed by atoms with E-state index in [0.717, 1.165) is 13.2 Å². The number of rotatable bonds is 5. The second-order valence-electron chi connectivity index (χ2n) is 4.02. The lowest BCUT2D eigenvalue weighted by Gasteiger charge is -2.09. The lowest BCUT2D eigenvalue weighted by molar-refractivity contribution is 0.0870. The summed E-state index contributed by atoms with van der Waals surface area (Å²) in [5.41, 5.74) is 1.17. The minimum Gasteiger partial charge on any atom is -0.383 e. The van der Waals surface area contributed by atoms with Gasteiger partial charge in [0.1, 0.15) is 0 Å². The molecular weight excluding hydrogens is 218 g/mol. The van der Waals surface area contributed by atoms with E-state index in [9.17, 15) is 0 Å². The van der Waals surface area contributed by atoms with Gasteiger partial charge in [-0.3, -0.25) is 0 Å². The molecule has 1 aromatic carbocycles. The molecule has 2 rings (SSSR count). The quantitative estimate of drug-likeness (QED) is 0.797. The number of fused-ring (bicyclic) bond motifs is 1. The van der Waals surface area contributed by atoms with Crippen molar-refractivity contribution in [2.45, 2.75) is 20.0 Å². The summed E-state index contributed by atoms with van der Waals surface area (Å²) < 4.78 is 6.81. The van der Waals surface area contributed by atoms with Crippen LogP contribution in [0.2, 0.25) is 0 Å². The van der Waals surface area contributed by atoms with Gasteiger partial charge in [-0.05, 0) is 48.9 Å². The monoisotopic (exact) mass is 235 g/mol. The number of hydrogen-bond acceptors (Lipinski definition) is 3. The summed E-state index contributed by atoms with van der Waals surface area (Å²) in [7, 11) is 0. The summed E-state index contributed by atoms with van der Waals surface area (Å²) in [6, 6.07) is 8.61. The molecule has 0 bridgehead atoms.